The lowest BCUT2D eigenvalue weighted by Crippen LogP contribution is -2.57. The molecule has 0 aliphatic carbocycles. The normalized spacial score (nSPS) is 23.9. The molecule has 0 aromatic heterocycles. The summed E-state index contributed by atoms with van der Waals surface area (Å²) in [6.45, 7) is 11.0. The fourth-order valence-electron chi connectivity index (χ4n) is 2.19. The van der Waals surface area contributed by atoms with Crippen molar-refractivity contribution in [3.05, 3.63) is 11.6 Å². The van der Waals surface area contributed by atoms with E-state index in [1.165, 1.54) is 13.2 Å². The Morgan fingerprint density at radius 1 is 1.37 bits per heavy atom. The predicted molar refractivity (Wildman–Crippen MR) is 72.8 cm³/mol. The third-order valence-corrected chi connectivity index (χ3v) is 3.97. The van der Waals surface area contributed by atoms with Crippen molar-refractivity contribution in [3.8, 4) is 0 Å². The van der Waals surface area contributed by atoms with E-state index >= 15 is 0 Å². The SMILES string of the molecule is COC(=O)C(C)(C)C1(O[Si](C)(C)C)OC(=O)C=C1C. The zero-order chi connectivity index (χ0) is 15.1. The van der Waals surface area contributed by atoms with Crippen LogP contribution in [0.25, 0.3) is 0 Å². The molecule has 0 amide bonds. The number of methoxy groups -OCH3 is 1. The number of carbonyl (C=O) groups excluding carboxylic acids is 2. The molecule has 6 heteroatoms. The summed E-state index contributed by atoms with van der Waals surface area (Å²) in [4.78, 5) is 23.7. The lowest BCUT2D eigenvalue weighted by Gasteiger charge is -2.44. The van der Waals surface area contributed by atoms with Gasteiger partial charge in [-0.15, -0.1) is 0 Å². The average Bonchev–Trinajstić information content (AvgIpc) is 2.51. The molecule has 1 atom stereocenters. The van der Waals surface area contributed by atoms with Crippen molar-refractivity contribution in [2.24, 2.45) is 5.41 Å². The fourth-order valence-corrected chi connectivity index (χ4v) is 3.51. The molecule has 1 aliphatic heterocycles. The highest BCUT2D eigenvalue weighted by Crippen LogP contribution is 2.46. The number of rotatable bonds is 4. The molecule has 1 unspecified atom stereocenters. The van der Waals surface area contributed by atoms with E-state index in [-0.39, 0.29) is 0 Å². The summed E-state index contributed by atoms with van der Waals surface area (Å²) < 4.78 is 16.3. The maximum atomic E-state index is 12.1. The van der Waals surface area contributed by atoms with Crippen LogP contribution in [0.3, 0.4) is 0 Å². The van der Waals surface area contributed by atoms with Gasteiger partial charge in [0.2, 0.25) is 5.79 Å². The molecule has 0 spiro atoms. The van der Waals surface area contributed by atoms with Crippen molar-refractivity contribution in [1.82, 2.24) is 0 Å². The standard InChI is InChI=1S/C13H22O5Si/c1-9-8-10(14)17-13(9,18-19(5,6)7)12(2,3)11(15)16-4/h8H,1-7H3. The summed E-state index contributed by atoms with van der Waals surface area (Å²) in [7, 11) is -0.753. The summed E-state index contributed by atoms with van der Waals surface area (Å²) in [5.41, 5.74) is -0.523. The zero-order valence-electron chi connectivity index (χ0n) is 12.6. The minimum absolute atomic E-state index is 0.479. The highest BCUT2D eigenvalue weighted by molar-refractivity contribution is 6.69. The first kappa shape index (κ1) is 15.9. The molecule has 108 valence electrons. The first-order chi connectivity index (χ1) is 8.46. The second-order valence-electron chi connectivity index (χ2n) is 6.20. The van der Waals surface area contributed by atoms with Crippen LogP contribution in [0, 0.1) is 5.41 Å². The number of ether oxygens (including phenoxy) is 2. The molecule has 1 heterocycles. The van der Waals surface area contributed by atoms with Gasteiger partial charge in [-0.25, -0.2) is 4.79 Å². The van der Waals surface area contributed by atoms with Gasteiger partial charge in [-0.2, -0.15) is 0 Å². The van der Waals surface area contributed by atoms with E-state index < -0.39 is 31.5 Å². The first-order valence-corrected chi connectivity index (χ1v) is 9.57. The van der Waals surface area contributed by atoms with E-state index in [0.717, 1.165) is 0 Å². The van der Waals surface area contributed by atoms with Gasteiger partial charge in [-0.1, -0.05) is 0 Å². The highest BCUT2D eigenvalue weighted by Gasteiger charge is 2.60. The summed E-state index contributed by atoms with van der Waals surface area (Å²) in [5.74, 6) is -2.34. The smallest absolute Gasteiger partial charge is 0.333 e. The molecule has 0 N–H and O–H groups in total. The lowest BCUT2D eigenvalue weighted by molar-refractivity contribution is -0.219. The molecule has 1 aliphatic rings. The van der Waals surface area contributed by atoms with Crippen LogP contribution in [0.5, 0.6) is 0 Å². The highest BCUT2D eigenvalue weighted by atomic mass is 28.4. The van der Waals surface area contributed by atoms with Gasteiger partial charge in [-0.05, 0) is 40.4 Å². The Bertz CT molecular complexity index is 433. The number of hydrogen-bond acceptors (Lipinski definition) is 5. The Morgan fingerprint density at radius 2 is 1.89 bits per heavy atom. The van der Waals surface area contributed by atoms with Crippen LogP contribution in [-0.2, 0) is 23.5 Å². The van der Waals surface area contributed by atoms with E-state index in [2.05, 4.69) is 0 Å². The van der Waals surface area contributed by atoms with Gasteiger partial charge in [0.15, 0.2) is 8.32 Å². The van der Waals surface area contributed by atoms with Crippen LogP contribution in [0.15, 0.2) is 11.6 Å². The third-order valence-electron chi connectivity index (χ3n) is 3.07. The van der Waals surface area contributed by atoms with Gasteiger partial charge in [-0.3, -0.25) is 4.79 Å². The van der Waals surface area contributed by atoms with Crippen molar-refractivity contribution in [3.63, 3.8) is 0 Å². The van der Waals surface area contributed by atoms with Gasteiger partial charge in [0.05, 0.1) is 7.11 Å². The van der Waals surface area contributed by atoms with Gasteiger partial charge in [0.25, 0.3) is 0 Å². The van der Waals surface area contributed by atoms with Gasteiger partial charge < -0.3 is 13.9 Å². The maximum absolute atomic E-state index is 12.1. The summed E-state index contributed by atoms with van der Waals surface area (Å²) in [6, 6.07) is 0. The quantitative estimate of drug-likeness (QED) is 0.586. The van der Waals surface area contributed by atoms with Crippen molar-refractivity contribution >= 4 is 20.3 Å². The number of cyclic esters (lactones) is 1. The Kier molecular flexibility index (Phi) is 3.98. The lowest BCUT2D eigenvalue weighted by atomic mass is 9.80. The topological polar surface area (TPSA) is 61.8 Å². The molecule has 1 rings (SSSR count). The van der Waals surface area contributed by atoms with Crippen molar-refractivity contribution in [1.29, 1.82) is 0 Å². The van der Waals surface area contributed by atoms with Crippen molar-refractivity contribution in [2.45, 2.75) is 46.2 Å². The van der Waals surface area contributed by atoms with E-state index in [1.807, 2.05) is 19.6 Å². The molecule has 0 aromatic carbocycles. The minimum atomic E-state index is -2.06. The van der Waals surface area contributed by atoms with Gasteiger partial charge in [0, 0.05) is 11.6 Å². The van der Waals surface area contributed by atoms with Crippen LogP contribution in [0.4, 0.5) is 0 Å². The predicted octanol–water partition coefficient (Wildman–Crippen LogP) is 2.24. The zero-order valence-corrected chi connectivity index (χ0v) is 13.6. The largest absolute Gasteiger partial charge is 0.468 e. The maximum Gasteiger partial charge on any atom is 0.333 e. The van der Waals surface area contributed by atoms with Crippen LogP contribution >= 0.6 is 0 Å². The molecule has 0 aromatic rings. The molecule has 19 heavy (non-hydrogen) atoms. The summed E-state index contributed by atoms with van der Waals surface area (Å²) >= 11 is 0. The molecule has 0 fully saturated rings. The van der Waals surface area contributed by atoms with Crippen LogP contribution in [0.2, 0.25) is 19.6 Å². The summed E-state index contributed by atoms with van der Waals surface area (Å²) in [6.07, 6.45) is 1.37. The number of esters is 2. The van der Waals surface area contributed by atoms with E-state index in [9.17, 15) is 9.59 Å². The molecule has 5 nitrogen and oxygen atoms in total. The average molecular weight is 286 g/mol. The van der Waals surface area contributed by atoms with E-state index in [0.29, 0.717) is 5.57 Å². The summed E-state index contributed by atoms with van der Waals surface area (Å²) in [5, 5.41) is 0. The molecule has 0 bridgehead atoms. The van der Waals surface area contributed by atoms with E-state index in [1.54, 1.807) is 20.8 Å². The first-order valence-electron chi connectivity index (χ1n) is 6.16. The molecular weight excluding hydrogens is 264 g/mol. The third kappa shape index (κ3) is 2.74. The Morgan fingerprint density at radius 3 is 2.21 bits per heavy atom. The Hall–Kier alpha value is -1.14. The van der Waals surface area contributed by atoms with Crippen LogP contribution < -0.4 is 0 Å². The Labute approximate surface area is 115 Å². The fraction of sp³-hybridized carbons (Fsp3) is 0.692. The van der Waals surface area contributed by atoms with Gasteiger partial charge in [0.1, 0.15) is 5.41 Å². The Balaban J connectivity index is 3.34. The number of hydrogen-bond donors (Lipinski definition) is 0. The second-order valence-corrected chi connectivity index (χ2v) is 10.6. The molecular formula is C13H22O5Si. The minimum Gasteiger partial charge on any atom is -0.468 e. The van der Waals surface area contributed by atoms with Crippen LogP contribution in [0.1, 0.15) is 20.8 Å². The van der Waals surface area contributed by atoms with Crippen molar-refractivity contribution in [2.75, 3.05) is 7.11 Å². The number of carbonyl (C=O) groups is 2. The molecule has 0 radical (unpaired) electrons. The second kappa shape index (κ2) is 4.75. The monoisotopic (exact) mass is 286 g/mol. The van der Waals surface area contributed by atoms with Crippen molar-refractivity contribution < 1.29 is 23.5 Å². The van der Waals surface area contributed by atoms with E-state index in [4.69, 9.17) is 13.9 Å². The molecule has 0 saturated carbocycles. The van der Waals surface area contributed by atoms with Gasteiger partial charge >= 0.3 is 11.9 Å². The van der Waals surface area contributed by atoms with Crippen LogP contribution in [-0.4, -0.2) is 33.2 Å². The molecule has 0 saturated heterocycles.